The van der Waals surface area contributed by atoms with E-state index in [0.717, 1.165) is 11.5 Å². The summed E-state index contributed by atoms with van der Waals surface area (Å²) in [5.74, 6) is 1.61. The summed E-state index contributed by atoms with van der Waals surface area (Å²) in [4.78, 5) is 12.1. The Bertz CT molecular complexity index is 428. The maximum atomic E-state index is 12.1. The molecule has 2 atom stereocenters. The Morgan fingerprint density at radius 3 is 2.58 bits per heavy atom. The third-order valence-electron chi connectivity index (χ3n) is 2.86. The zero-order valence-electron chi connectivity index (χ0n) is 11.7. The van der Waals surface area contributed by atoms with Crippen molar-refractivity contribution in [2.24, 2.45) is 0 Å². The predicted octanol–water partition coefficient (Wildman–Crippen LogP) is 2.77. The van der Waals surface area contributed by atoms with Crippen LogP contribution in [-0.4, -0.2) is 29.1 Å². The number of carbonyl (C=O) groups is 1. The van der Waals surface area contributed by atoms with Gasteiger partial charge in [0.2, 0.25) is 0 Å². The first-order valence-electron chi connectivity index (χ1n) is 6.57. The molecule has 1 aliphatic rings. The molecule has 2 rings (SSSR count). The third-order valence-corrected chi connectivity index (χ3v) is 4.00. The van der Waals surface area contributed by atoms with Gasteiger partial charge in [-0.25, -0.2) is 0 Å². The molecule has 0 amide bonds. The van der Waals surface area contributed by atoms with Crippen LogP contribution in [0.3, 0.4) is 0 Å². The summed E-state index contributed by atoms with van der Waals surface area (Å²) in [5.41, 5.74) is 0.798. The Balaban J connectivity index is 2.00. The van der Waals surface area contributed by atoms with E-state index in [1.165, 1.54) is 5.56 Å². The van der Waals surface area contributed by atoms with Crippen LogP contribution in [0.15, 0.2) is 30.3 Å². The monoisotopic (exact) mass is 279 g/mol. The van der Waals surface area contributed by atoms with Crippen molar-refractivity contribution in [3.05, 3.63) is 35.9 Å². The fourth-order valence-corrected chi connectivity index (χ4v) is 3.16. The number of ether oxygens (including phenoxy) is 1. The van der Waals surface area contributed by atoms with Crippen LogP contribution in [0.5, 0.6) is 0 Å². The van der Waals surface area contributed by atoms with Gasteiger partial charge in [-0.2, -0.15) is 11.8 Å². The molecule has 1 heterocycles. The van der Waals surface area contributed by atoms with Crippen molar-refractivity contribution in [1.29, 1.82) is 0 Å². The number of hydrogen-bond acceptors (Lipinski definition) is 4. The normalized spacial score (nSPS) is 23.9. The smallest absolute Gasteiger partial charge is 0.324 e. The molecule has 0 radical (unpaired) electrons. The molecule has 3 nitrogen and oxygen atoms in total. The highest BCUT2D eigenvalue weighted by atomic mass is 32.2. The van der Waals surface area contributed by atoms with Gasteiger partial charge in [0.1, 0.15) is 11.6 Å². The number of hydrogen-bond donors (Lipinski definition) is 1. The molecular formula is C15H21NO2S. The minimum atomic E-state index is -0.427. The van der Waals surface area contributed by atoms with Crippen LogP contribution in [0.4, 0.5) is 0 Å². The largest absolute Gasteiger partial charge is 0.459 e. The van der Waals surface area contributed by atoms with Crippen LogP contribution in [0.2, 0.25) is 0 Å². The minimum absolute atomic E-state index is 0.152. The summed E-state index contributed by atoms with van der Waals surface area (Å²) >= 11 is 1.80. The first-order valence-corrected chi connectivity index (χ1v) is 7.73. The summed E-state index contributed by atoms with van der Waals surface area (Å²) < 4.78 is 5.45. The van der Waals surface area contributed by atoms with E-state index < -0.39 is 5.60 Å². The number of benzene rings is 1. The molecule has 1 fully saturated rings. The molecule has 0 saturated carbocycles. The van der Waals surface area contributed by atoms with Gasteiger partial charge in [-0.1, -0.05) is 30.3 Å². The standard InChI is InChI=1S/C15H21NO2S/c1-15(2,3)18-14(17)13-10-19-9-12(16-13)11-7-5-4-6-8-11/h4-8,12-13,16H,9-10H2,1-3H3/t12-,13+/m1/s1. The summed E-state index contributed by atoms with van der Waals surface area (Å²) in [7, 11) is 0. The van der Waals surface area contributed by atoms with Crippen molar-refractivity contribution >= 4 is 17.7 Å². The van der Waals surface area contributed by atoms with Crippen LogP contribution in [0.25, 0.3) is 0 Å². The van der Waals surface area contributed by atoms with Crippen molar-refractivity contribution < 1.29 is 9.53 Å². The zero-order chi connectivity index (χ0) is 13.9. The van der Waals surface area contributed by atoms with Crippen LogP contribution in [-0.2, 0) is 9.53 Å². The number of thioether (sulfide) groups is 1. The highest BCUT2D eigenvalue weighted by molar-refractivity contribution is 7.99. The van der Waals surface area contributed by atoms with Crippen molar-refractivity contribution in [1.82, 2.24) is 5.32 Å². The van der Waals surface area contributed by atoms with Crippen molar-refractivity contribution in [3.8, 4) is 0 Å². The summed E-state index contributed by atoms with van der Waals surface area (Å²) in [6.07, 6.45) is 0. The predicted molar refractivity (Wildman–Crippen MR) is 79.3 cm³/mol. The van der Waals surface area contributed by atoms with Crippen LogP contribution < -0.4 is 5.32 Å². The molecular weight excluding hydrogens is 258 g/mol. The lowest BCUT2D eigenvalue weighted by Crippen LogP contribution is -2.47. The molecule has 1 saturated heterocycles. The molecule has 1 N–H and O–H groups in total. The van der Waals surface area contributed by atoms with Gasteiger partial charge in [0.25, 0.3) is 0 Å². The lowest BCUT2D eigenvalue weighted by Gasteiger charge is -2.31. The van der Waals surface area contributed by atoms with Gasteiger partial charge in [0.15, 0.2) is 0 Å². The van der Waals surface area contributed by atoms with E-state index in [9.17, 15) is 4.79 Å². The first-order chi connectivity index (χ1) is 8.96. The van der Waals surface area contributed by atoms with E-state index in [2.05, 4.69) is 17.4 Å². The van der Waals surface area contributed by atoms with Gasteiger partial charge < -0.3 is 4.74 Å². The molecule has 0 bridgehead atoms. The zero-order valence-corrected chi connectivity index (χ0v) is 12.5. The number of rotatable bonds is 2. The van der Waals surface area contributed by atoms with E-state index in [4.69, 9.17) is 4.74 Å². The molecule has 1 aliphatic heterocycles. The molecule has 4 heteroatoms. The molecule has 0 aliphatic carbocycles. The fraction of sp³-hybridized carbons (Fsp3) is 0.533. The second kappa shape index (κ2) is 5.97. The van der Waals surface area contributed by atoms with E-state index in [1.807, 2.05) is 39.0 Å². The molecule has 19 heavy (non-hydrogen) atoms. The van der Waals surface area contributed by atoms with Gasteiger partial charge in [-0.15, -0.1) is 0 Å². The van der Waals surface area contributed by atoms with E-state index >= 15 is 0 Å². The van der Waals surface area contributed by atoms with Crippen LogP contribution in [0.1, 0.15) is 32.4 Å². The van der Waals surface area contributed by atoms with Crippen molar-refractivity contribution in [2.75, 3.05) is 11.5 Å². The van der Waals surface area contributed by atoms with E-state index in [-0.39, 0.29) is 18.1 Å². The minimum Gasteiger partial charge on any atom is -0.459 e. The van der Waals surface area contributed by atoms with Gasteiger partial charge in [0.05, 0.1) is 0 Å². The first kappa shape index (κ1) is 14.4. The Kier molecular flexibility index (Phi) is 4.53. The molecule has 1 aromatic carbocycles. The molecule has 0 aromatic heterocycles. The molecule has 0 spiro atoms. The summed E-state index contributed by atoms with van der Waals surface area (Å²) in [6.45, 7) is 5.70. The van der Waals surface area contributed by atoms with E-state index in [0.29, 0.717) is 0 Å². The number of esters is 1. The number of nitrogens with one attached hydrogen (secondary N) is 1. The molecule has 1 aromatic rings. The van der Waals surface area contributed by atoms with Gasteiger partial charge in [-0.3, -0.25) is 10.1 Å². The molecule has 0 unspecified atom stereocenters. The Morgan fingerprint density at radius 1 is 1.26 bits per heavy atom. The maximum absolute atomic E-state index is 12.1. The Hall–Kier alpha value is -1.00. The van der Waals surface area contributed by atoms with Gasteiger partial charge in [-0.05, 0) is 26.3 Å². The highest BCUT2D eigenvalue weighted by Crippen LogP contribution is 2.25. The second-order valence-corrected chi connectivity index (χ2v) is 6.83. The molecule has 104 valence electrons. The van der Waals surface area contributed by atoms with Crippen LogP contribution >= 0.6 is 11.8 Å². The van der Waals surface area contributed by atoms with E-state index in [1.54, 1.807) is 11.8 Å². The lowest BCUT2D eigenvalue weighted by atomic mass is 10.1. The lowest BCUT2D eigenvalue weighted by molar-refractivity contribution is -0.157. The number of carbonyl (C=O) groups excluding carboxylic acids is 1. The summed E-state index contributed by atoms with van der Waals surface area (Å²) in [6, 6.07) is 10.2. The average Bonchev–Trinajstić information content (AvgIpc) is 2.38. The topological polar surface area (TPSA) is 38.3 Å². The third kappa shape index (κ3) is 4.25. The average molecular weight is 279 g/mol. The van der Waals surface area contributed by atoms with Gasteiger partial charge >= 0.3 is 5.97 Å². The Labute approximate surface area is 119 Å². The Morgan fingerprint density at radius 2 is 1.95 bits per heavy atom. The van der Waals surface area contributed by atoms with Crippen molar-refractivity contribution in [3.63, 3.8) is 0 Å². The quantitative estimate of drug-likeness (QED) is 0.845. The fourth-order valence-electron chi connectivity index (χ4n) is 2.03. The highest BCUT2D eigenvalue weighted by Gasteiger charge is 2.30. The second-order valence-electron chi connectivity index (χ2n) is 5.75. The maximum Gasteiger partial charge on any atom is 0.324 e. The summed E-state index contributed by atoms with van der Waals surface area (Å²) in [5, 5.41) is 3.40. The SMILES string of the molecule is CC(C)(C)OC(=O)[C@@H]1CSC[C@H](c2ccccc2)N1. The van der Waals surface area contributed by atoms with Gasteiger partial charge in [0, 0.05) is 17.5 Å². The van der Waals surface area contributed by atoms with Crippen LogP contribution in [0, 0.1) is 0 Å². The van der Waals surface area contributed by atoms with Crippen molar-refractivity contribution in [2.45, 2.75) is 38.5 Å².